The Morgan fingerprint density at radius 1 is 1.29 bits per heavy atom. The number of nitrogens with one attached hydrogen (secondary N) is 3. The number of hydrogen-bond donors (Lipinski definition) is 3. The first-order valence-electron chi connectivity index (χ1n) is 9.16. The molecule has 0 bridgehead atoms. The monoisotopic (exact) mass is 396 g/mol. The Morgan fingerprint density at radius 2 is 1.86 bits per heavy atom. The molecule has 2 aromatic rings. The molecule has 0 saturated heterocycles. The first-order valence-corrected chi connectivity index (χ1v) is 9.16. The number of aryl methyl sites for hydroxylation is 1. The van der Waals surface area contributed by atoms with Gasteiger partial charge in [-0.25, -0.2) is 18.2 Å². The minimum absolute atomic E-state index is 0.0962. The van der Waals surface area contributed by atoms with Gasteiger partial charge in [-0.05, 0) is 18.9 Å². The first kappa shape index (κ1) is 23.4. The summed E-state index contributed by atoms with van der Waals surface area (Å²) in [6, 6.07) is 5.51. The Hall–Kier alpha value is -2.64. The molecule has 0 spiro atoms. The third kappa shape index (κ3) is 5.68. The van der Waals surface area contributed by atoms with E-state index in [0.29, 0.717) is 12.2 Å². The largest absolute Gasteiger partial charge is 0.362 e. The summed E-state index contributed by atoms with van der Waals surface area (Å²) in [5.74, 6) is -2.50. The molecule has 0 radical (unpaired) electrons. The quantitative estimate of drug-likeness (QED) is 0.568. The topological polar surface area (TPSA) is 81.6 Å². The normalized spacial score (nSPS) is 12.0. The molecule has 1 heterocycles. The van der Waals surface area contributed by atoms with Crippen LogP contribution in [0.15, 0.2) is 29.1 Å². The number of anilines is 1. The van der Waals surface area contributed by atoms with Gasteiger partial charge in [0, 0.05) is 12.5 Å². The number of alkyl halides is 3. The highest BCUT2D eigenvalue weighted by Gasteiger charge is 2.24. The van der Waals surface area contributed by atoms with Crippen LogP contribution in [0.3, 0.4) is 0 Å². The summed E-state index contributed by atoms with van der Waals surface area (Å²) in [6.45, 7) is 7.18. The molecular weight excluding hydrogens is 369 g/mol. The van der Waals surface area contributed by atoms with Crippen LogP contribution >= 0.6 is 0 Å². The number of rotatable bonds is 7. The maximum atomic E-state index is 13.4. The van der Waals surface area contributed by atoms with E-state index in [9.17, 15) is 18.0 Å². The number of aromatic nitrogens is 2. The van der Waals surface area contributed by atoms with Crippen LogP contribution in [0, 0.1) is 12.3 Å². The van der Waals surface area contributed by atoms with Crippen molar-refractivity contribution in [2.75, 3.05) is 12.0 Å². The van der Waals surface area contributed by atoms with E-state index in [1.165, 1.54) is 12.1 Å². The van der Waals surface area contributed by atoms with Gasteiger partial charge in [0.1, 0.15) is 23.9 Å². The van der Waals surface area contributed by atoms with Gasteiger partial charge in [0.2, 0.25) is 0 Å². The Kier molecular flexibility index (Phi) is 8.40. The lowest BCUT2D eigenvalue weighted by Crippen LogP contribution is -2.25. The minimum atomic E-state index is -2.93. The smallest absolute Gasteiger partial charge is 0.270 e. The second-order valence-corrected chi connectivity index (χ2v) is 6.10. The second-order valence-electron chi connectivity index (χ2n) is 6.10. The molecule has 1 unspecified atom stereocenters. The fourth-order valence-electron chi connectivity index (χ4n) is 2.63. The standard InChI is InChI=1S/C18H21F3N4O.C2H6/c1-4-14(11-5-7-12(8-6-11)18(3,20)21)25-16-15(13(22)9-19)17(26)24-10(2)23-16;1-2/h5-8,14,22H,4,9H2,1-3H3,(H2,23,24,25,26);1-2H3. The van der Waals surface area contributed by atoms with Gasteiger partial charge in [-0.2, -0.15) is 0 Å². The SMILES string of the molecule is CC.CCC(Nc1nc(C)[nH]c(=O)c1C(=N)CF)c1ccc(C(C)(F)F)cc1. The molecule has 5 nitrogen and oxygen atoms in total. The van der Waals surface area contributed by atoms with Gasteiger partial charge in [0.25, 0.3) is 11.5 Å². The van der Waals surface area contributed by atoms with Crippen LogP contribution in [-0.2, 0) is 5.92 Å². The van der Waals surface area contributed by atoms with Gasteiger partial charge < -0.3 is 15.7 Å². The molecule has 1 atom stereocenters. The number of benzene rings is 1. The number of hydrogen-bond acceptors (Lipinski definition) is 4. The molecule has 0 aliphatic carbocycles. The number of nitrogens with zero attached hydrogens (tertiary/aromatic N) is 1. The van der Waals surface area contributed by atoms with Crippen LogP contribution in [-0.4, -0.2) is 22.4 Å². The van der Waals surface area contributed by atoms with Crippen LogP contribution in [0.5, 0.6) is 0 Å². The molecule has 0 saturated carbocycles. The summed E-state index contributed by atoms with van der Waals surface area (Å²) in [4.78, 5) is 18.7. The van der Waals surface area contributed by atoms with E-state index in [1.807, 2.05) is 20.8 Å². The number of halogens is 3. The summed E-state index contributed by atoms with van der Waals surface area (Å²) in [5, 5.41) is 10.7. The van der Waals surface area contributed by atoms with Crippen molar-refractivity contribution in [3.8, 4) is 0 Å². The van der Waals surface area contributed by atoms with Crippen molar-refractivity contribution in [2.45, 2.75) is 53.0 Å². The van der Waals surface area contributed by atoms with Gasteiger partial charge in [-0.3, -0.25) is 4.79 Å². The highest BCUT2D eigenvalue weighted by molar-refractivity contribution is 6.02. The Bertz CT molecular complexity index is 842. The first-order chi connectivity index (χ1) is 13.2. The van der Waals surface area contributed by atoms with Crippen LogP contribution < -0.4 is 10.9 Å². The summed E-state index contributed by atoms with van der Waals surface area (Å²) in [7, 11) is 0. The average molecular weight is 396 g/mol. The molecule has 2 rings (SSSR count). The van der Waals surface area contributed by atoms with E-state index in [1.54, 1.807) is 19.1 Å². The lowest BCUT2D eigenvalue weighted by atomic mass is 10.0. The van der Waals surface area contributed by atoms with Crippen LogP contribution in [0.1, 0.15) is 62.7 Å². The van der Waals surface area contributed by atoms with E-state index in [0.717, 1.165) is 12.5 Å². The molecule has 1 aromatic heterocycles. The van der Waals surface area contributed by atoms with Crippen molar-refractivity contribution in [1.82, 2.24) is 9.97 Å². The molecule has 0 amide bonds. The fourth-order valence-corrected chi connectivity index (χ4v) is 2.63. The van der Waals surface area contributed by atoms with Crippen molar-refractivity contribution in [1.29, 1.82) is 5.41 Å². The maximum Gasteiger partial charge on any atom is 0.270 e. The van der Waals surface area contributed by atoms with Gasteiger partial charge in [0.15, 0.2) is 0 Å². The highest BCUT2D eigenvalue weighted by Crippen LogP contribution is 2.29. The van der Waals surface area contributed by atoms with E-state index in [-0.39, 0.29) is 23.0 Å². The molecule has 0 fully saturated rings. The Morgan fingerprint density at radius 3 is 2.32 bits per heavy atom. The van der Waals surface area contributed by atoms with Crippen molar-refractivity contribution in [3.63, 3.8) is 0 Å². The lowest BCUT2D eigenvalue weighted by Gasteiger charge is -2.21. The van der Waals surface area contributed by atoms with Crippen LogP contribution in [0.25, 0.3) is 0 Å². The fraction of sp³-hybridized carbons (Fsp3) is 0.450. The predicted octanol–water partition coefficient (Wildman–Crippen LogP) is 5.12. The summed E-state index contributed by atoms with van der Waals surface area (Å²) >= 11 is 0. The predicted molar refractivity (Wildman–Crippen MR) is 106 cm³/mol. The van der Waals surface area contributed by atoms with Gasteiger partial charge >= 0.3 is 0 Å². The lowest BCUT2D eigenvalue weighted by molar-refractivity contribution is 0.0174. The zero-order chi connectivity index (χ0) is 21.5. The highest BCUT2D eigenvalue weighted by atomic mass is 19.3. The summed E-state index contributed by atoms with van der Waals surface area (Å²) in [5.41, 5.74) is -0.608. The van der Waals surface area contributed by atoms with Gasteiger partial charge in [-0.15, -0.1) is 0 Å². The van der Waals surface area contributed by atoms with Crippen molar-refractivity contribution in [3.05, 3.63) is 57.1 Å². The zero-order valence-corrected chi connectivity index (χ0v) is 16.8. The summed E-state index contributed by atoms with van der Waals surface area (Å²) < 4.78 is 39.7. The molecule has 3 N–H and O–H groups in total. The maximum absolute atomic E-state index is 13.4. The second kappa shape index (κ2) is 10.1. The van der Waals surface area contributed by atoms with Crippen LogP contribution in [0.4, 0.5) is 19.0 Å². The third-order valence-corrected chi connectivity index (χ3v) is 4.01. The summed E-state index contributed by atoms with van der Waals surface area (Å²) in [6.07, 6.45) is 0.567. The van der Waals surface area contributed by atoms with E-state index in [2.05, 4.69) is 15.3 Å². The van der Waals surface area contributed by atoms with Gasteiger partial charge in [-0.1, -0.05) is 45.0 Å². The van der Waals surface area contributed by atoms with Crippen LogP contribution in [0.2, 0.25) is 0 Å². The molecule has 1 aromatic carbocycles. The van der Waals surface area contributed by atoms with Crippen molar-refractivity contribution < 1.29 is 13.2 Å². The average Bonchev–Trinajstić information content (AvgIpc) is 2.66. The molecule has 0 aliphatic heterocycles. The van der Waals surface area contributed by atoms with Crippen molar-refractivity contribution in [2.24, 2.45) is 0 Å². The third-order valence-electron chi connectivity index (χ3n) is 4.01. The zero-order valence-electron chi connectivity index (χ0n) is 16.8. The Balaban J connectivity index is 0.00000190. The molecular formula is C20H27F3N4O. The minimum Gasteiger partial charge on any atom is -0.362 e. The van der Waals surface area contributed by atoms with Crippen molar-refractivity contribution >= 4 is 11.5 Å². The molecule has 28 heavy (non-hydrogen) atoms. The van der Waals surface area contributed by atoms with E-state index < -0.39 is 23.9 Å². The number of H-pyrrole nitrogens is 1. The molecule has 8 heteroatoms. The van der Waals surface area contributed by atoms with E-state index in [4.69, 9.17) is 5.41 Å². The molecule has 154 valence electrons. The molecule has 0 aliphatic rings. The number of aromatic amines is 1. The van der Waals surface area contributed by atoms with E-state index >= 15 is 0 Å². The Labute approximate surface area is 162 Å². The van der Waals surface area contributed by atoms with Gasteiger partial charge in [0.05, 0.1) is 11.8 Å².